The van der Waals surface area contributed by atoms with E-state index >= 15 is 0 Å². The highest BCUT2D eigenvalue weighted by atomic mass is 16.5. The van der Waals surface area contributed by atoms with E-state index in [1.807, 2.05) is 20.8 Å². The van der Waals surface area contributed by atoms with Crippen LogP contribution in [-0.4, -0.2) is 64.9 Å². The molecule has 5 N–H and O–H groups in total. The van der Waals surface area contributed by atoms with Crippen molar-refractivity contribution in [2.24, 2.45) is 17.4 Å². The molecule has 1 amide bonds. The highest BCUT2D eigenvalue weighted by molar-refractivity contribution is 5.88. The molecule has 9 heteroatoms. The standard InChI is InChI=1S/C14H24N2O5.C6H13NO/c1-2-3-6-11(21-12(17)7-8-15)13(18)16-9-4-5-10(16)14(19)20;1-4(2)6(7)5(3)8/h10-11H,2-9,15H2,1H3,(H,19,20);4,6H,7H2,1-3H3. The van der Waals surface area contributed by atoms with Crippen molar-refractivity contribution in [1.82, 2.24) is 4.90 Å². The van der Waals surface area contributed by atoms with Gasteiger partial charge in [-0.2, -0.15) is 0 Å². The SMILES string of the molecule is CC(=O)C(N)C(C)C.CCCCC(OC(=O)CCN)C(=O)N1CCCC1C(=O)O. The molecule has 0 bridgehead atoms. The minimum Gasteiger partial charge on any atom is -0.480 e. The number of carbonyl (C=O) groups excluding carboxylic acids is 3. The van der Waals surface area contributed by atoms with Crippen LogP contribution >= 0.6 is 0 Å². The van der Waals surface area contributed by atoms with E-state index in [0.717, 1.165) is 12.8 Å². The molecule has 1 aliphatic heterocycles. The summed E-state index contributed by atoms with van der Waals surface area (Å²) in [7, 11) is 0. The predicted octanol–water partition coefficient (Wildman–Crippen LogP) is 1.07. The number of unbranched alkanes of at least 4 members (excludes halogenated alkanes) is 1. The summed E-state index contributed by atoms with van der Waals surface area (Å²) >= 11 is 0. The second-order valence-electron chi connectivity index (χ2n) is 7.57. The van der Waals surface area contributed by atoms with Gasteiger partial charge in [-0.1, -0.05) is 27.2 Å². The largest absolute Gasteiger partial charge is 0.480 e. The zero-order valence-corrected chi connectivity index (χ0v) is 18.1. The van der Waals surface area contributed by atoms with Crippen LogP contribution < -0.4 is 11.5 Å². The molecule has 0 aromatic rings. The van der Waals surface area contributed by atoms with Crippen LogP contribution in [0.25, 0.3) is 0 Å². The van der Waals surface area contributed by atoms with Gasteiger partial charge in [0.25, 0.3) is 5.91 Å². The topological polar surface area (TPSA) is 153 Å². The maximum atomic E-state index is 12.5. The number of esters is 1. The first-order valence-electron chi connectivity index (χ1n) is 10.3. The molecule has 168 valence electrons. The maximum absolute atomic E-state index is 12.5. The molecule has 0 radical (unpaired) electrons. The van der Waals surface area contributed by atoms with Crippen molar-refractivity contribution in [3.8, 4) is 0 Å². The molecule has 0 aromatic heterocycles. The van der Waals surface area contributed by atoms with E-state index in [1.54, 1.807) is 0 Å². The number of rotatable bonds is 10. The molecule has 0 spiro atoms. The fourth-order valence-electron chi connectivity index (χ4n) is 2.90. The fraction of sp³-hybridized carbons (Fsp3) is 0.800. The Morgan fingerprint density at radius 3 is 2.28 bits per heavy atom. The molecule has 3 unspecified atom stereocenters. The number of ketones is 1. The van der Waals surface area contributed by atoms with Gasteiger partial charge in [0.2, 0.25) is 0 Å². The Kier molecular flexibility index (Phi) is 13.1. The highest BCUT2D eigenvalue weighted by Crippen LogP contribution is 2.21. The quantitative estimate of drug-likeness (QED) is 0.448. The number of nitrogens with two attached hydrogens (primary N) is 2. The summed E-state index contributed by atoms with van der Waals surface area (Å²) in [6, 6.07) is -1.08. The number of carbonyl (C=O) groups is 4. The number of amides is 1. The van der Waals surface area contributed by atoms with Crippen molar-refractivity contribution >= 4 is 23.6 Å². The van der Waals surface area contributed by atoms with Crippen molar-refractivity contribution in [1.29, 1.82) is 0 Å². The van der Waals surface area contributed by atoms with E-state index in [2.05, 4.69) is 0 Å². The van der Waals surface area contributed by atoms with Crippen LogP contribution in [0.15, 0.2) is 0 Å². The van der Waals surface area contributed by atoms with E-state index in [1.165, 1.54) is 11.8 Å². The van der Waals surface area contributed by atoms with Crippen LogP contribution in [0.3, 0.4) is 0 Å². The van der Waals surface area contributed by atoms with E-state index in [9.17, 15) is 19.2 Å². The molecule has 1 heterocycles. The highest BCUT2D eigenvalue weighted by Gasteiger charge is 2.38. The lowest BCUT2D eigenvalue weighted by atomic mass is 10.0. The van der Waals surface area contributed by atoms with Crippen LogP contribution in [-0.2, 0) is 23.9 Å². The maximum Gasteiger partial charge on any atom is 0.326 e. The zero-order valence-electron chi connectivity index (χ0n) is 18.1. The van der Waals surface area contributed by atoms with Crippen LogP contribution in [0.1, 0.15) is 66.2 Å². The lowest BCUT2D eigenvalue weighted by Gasteiger charge is -2.26. The Bertz CT molecular complexity index is 552. The molecule has 1 rings (SSSR count). The van der Waals surface area contributed by atoms with Crippen molar-refractivity contribution < 1.29 is 29.0 Å². The summed E-state index contributed by atoms with van der Waals surface area (Å²) < 4.78 is 5.19. The number of hydrogen-bond donors (Lipinski definition) is 3. The van der Waals surface area contributed by atoms with Gasteiger partial charge in [-0.15, -0.1) is 0 Å². The van der Waals surface area contributed by atoms with Crippen LogP contribution in [0.2, 0.25) is 0 Å². The van der Waals surface area contributed by atoms with E-state index < -0.39 is 30.0 Å². The molecule has 0 aliphatic carbocycles. The van der Waals surface area contributed by atoms with E-state index in [-0.39, 0.29) is 30.7 Å². The molecule has 0 aromatic carbocycles. The number of likely N-dealkylation sites (tertiary alicyclic amines) is 1. The Morgan fingerprint density at radius 2 is 1.86 bits per heavy atom. The third-order valence-corrected chi connectivity index (χ3v) is 4.73. The number of aliphatic carboxylic acids is 1. The summed E-state index contributed by atoms with van der Waals surface area (Å²) in [4.78, 5) is 47.0. The van der Waals surface area contributed by atoms with Crippen molar-refractivity contribution in [2.75, 3.05) is 13.1 Å². The number of Topliss-reactive ketones (excluding diaryl/α,β-unsaturated/α-hetero) is 1. The molecule has 9 nitrogen and oxygen atoms in total. The lowest BCUT2D eigenvalue weighted by molar-refractivity contribution is -0.163. The van der Waals surface area contributed by atoms with E-state index in [0.29, 0.717) is 25.8 Å². The normalized spacial score (nSPS) is 17.9. The van der Waals surface area contributed by atoms with Crippen LogP contribution in [0.5, 0.6) is 0 Å². The summed E-state index contributed by atoms with van der Waals surface area (Å²) in [6.07, 6.45) is 2.26. The number of carboxylic acids is 1. The second-order valence-corrected chi connectivity index (χ2v) is 7.57. The third-order valence-electron chi connectivity index (χ3n) is 4.73. The van der Waals surface area contributed by atoms with Crippen molar-refractivity contribution in [3.63, 3.8) is 0 Å². The third kappa shape index (κ3) is 9.85. The van der Waals surface area contributed by atoms with Gasteiger partial charge in [-0.3, -0.25) is 14.4 Å². The summed E-state index contributed by atoms with van der Waals surface area (Å²) in [5.41, 5.74) is 10.7. The van der Waals surface area contributed by atoms with Crippen LogP contribution in [0.4, 0.5) is 0 Å². The van der Waals surface area contributed by atoms with Gasteiger partial charge < -0.3 is 26.2 Å². The Morgan fingerprint density at radius 1 is 1.24 bits per heavy atom. The first kappa shape index (κ1) is 27.0. The molecule has 0 saturated carbocycles. The van der Waals surface area contributed by atoms with E-state index in [4.69, 9.17) is 21.3 Å². The van der Waals surface area contributed by atoms with Gasteiger partial charge in [-0.25, -0.2) is 4.79 Å². The molecule has 1 aliphatic rings. The minimum absolute atomic E-state index is 0.0538. The molecular formula is C20H37N3O6. The lowest BCUT2D eigenvalue weighted by Crippen LogP contribution is -2.46. The fourth-order valence-corrected chi connectivity index (χ4v) is 2.90. The van der Waals surface area contributed by atoms with Gasteiger partial charge in [0.1, 0.15) is 11.8 Å². The monoisotopic (exact) mass is 415 g/mol. The molecule has 3 atom stereocenters. The van der Waals surface area contributed by atoms with Crippen molar-refractivity contribution in [3.05, 3.63) is 0 Å². The molecule has 1 saturated heterocycles. The zero-order chi connectivity index (χ0) is 22.6. The average molecular weight is 416 g/mol. The number of nitrogens with zero attached hydrogens (tertiary/aromatic N) is 1. The van der Waals surface area contributed by atoms with Gasteiger partial charge >= 0.3 is 11.9 Å². The number of carboxylic acid groups (broad SMARTS) is 1. The second kappa shape index (κ2) is 14.1. The smallest absolute Gasteiger partial charge is 0.326 e. The average Bonchev–Trinajstić information content (AvgIpc) is 3.14. The summed E-state index contributed by atoms with van der Waals surface area (Å²) in [5, 5.41) is 9.14. The van der Waals surface area contributed by atoms with Gasteiger partial charge in [0.15, 0.2) is 6.10 Å². The number of hydrogen-bond acceptors (Lipinski definition) is 7. The molecular weight excluding hydrogens is 378 g/mol. The molecule has 29 heavy (non-hydrogen) atoms. The Labute approximate surface area is 173 Å². The summed E-state index contributed by atoms with van der Waals surface area (Å²) in [5.74, 6) is -1.59. The van der Waals surface area contributed by atoms with Gasteiger partial charge in [0, 0.05) is 13.1 Å². The predicted molar refractivity (Wildman–Crippen MR) is 109 cm³/mol. The van der Waals surface area contributed by atoms with Crippen LogP contribution in [0, 0.1) is 5.92 Å². The van der Waals surface area contributed by atoms with Gasteiger partial charge in [0.05, 0.1) is 12.5 Å². The van der Waals surface area contributed by atoms with Crippen molar-refractivity contribution in [2.45, 2.75) is 84.4 Å². The minimum atomic E-state index is -1.01. The van der Waals surface area contributed by atoms with Gasteiger partial charge in [-0.05, 0) is 38.5 Å². The Hall–Kier alpha value is -2.00. The first-order valence-corrected chi connectivity index (χ1v) is 10.3. The summed E-state index contributed by atoms with van der Waals surface area (Å²) in [6.45, 7) is 7.92. The Balaban J connectivity index is 0.000000828. The molecule has 1 fully saturated rings. The number of ether oxygens (including phenoxy) is 1. The first-order chi connectivity index (χ1) is 13.6.